The molecule has 3 rings (SSSR count). The number of amides is 2. The minimum Gasteiger partial charge on any atom is -0.337 e. The van der Waals surface area contributed by atoms with E-state index in [-0.39, 0.29) is 30.1 Å². The normalized spacial score (nSPS) is 18.6. The van der Waals surface area contributed by atoms with Crippen LogP contribution in [-0.4, -0.2) is 53.6 Å². The molecule has 0 aliphatic carbocycles. The van der Waals surface area contributed by atoms with E-state index in [0.29, 0.717) is 31.1 Å². The van der Waals surface area contributed by atoms with Gasteiger partial charge in [-0.05, 0) is 18.9 Å². The van der Waals surface area contributed by atoms with Crippen molar-refractivity contribution >= 4 is 15.9 Å². The fourth-order valence-electron chi connectivity index (χ4n) is 3.05. The van der Waals surface area contributed by atoms with Crippen LogP contribution >= 0.6 is 0 Å². The molecule has 1 fully saturated rings. The van der Waals surface area contributed by atoms with Crippen molar-refractivity contribution in [2.75, 3.05) is 18.1 Å². The van der Waals surface area contributed by atoms with Gasteiger partial charge in [0.15, 0.2) is 15.7 Å². The number of carbonyl (C=O) groups is 1. The Balaban J connectivity index is 1.54. The van der Waals surface area contributed by atoms with E-state index in [2.05, 4.69) is 15.5 Å². The highest BCUT2D eigenvalue weighted by Gasteiger charge is 2.33. The third kappa shape index (κ3) is 4.60. The van der Waals surface area contributed by atoms with Gasteiger partial charge in [-0.1, -0.05) is 35.5 Å². The SMILES string of the molecule is CCN(C(=O)NCc1nc(Cc2ccccc2)no1)[C@H]1CCS(=O)(=O)C1. The number of sulfone groups is 1. The maximum absolute atomic E-state index is 12.4. The van der Waals surface area contributed by atoms with Crippen LogP contribution in [-0.2, 0) is 22.8 Å². The zero-order chi connectivity index (χ0) is 18.6. The van der Waals surface area contributed by atoms with Gasteiger partial charge >= 0.3 is 6.03 Å². The number of urea groups is 1. The van der Waals surface area contributed by atoms with Crippen molar-refractivity contribution < 1.29 is 17.7 Å². The lowest BCUT2D eigenvalue weighted by Crippen LogP contribution is -2.46. The van der Waals surface area contributed by atoms with Crippen molar-refractivity contribution in [3.8, 4) is 0 Å². The molecule has 2 heterocycles. The Kier molecular flexibility index (Phi) is 5.55. The van der Waals surface area contributed by atoms with Gasteiger partial charge in [-0.3, -0.25) is 0 Å². The number of benzene rings is 1. The largest absolute Gasteiger partial charge is 0.337 e. The highest BCUT2D eigenvalue weighted by Crippen LogP contribution is 2.17. The van der Waals surface area contributed by atoms with E-state index in [1.54, 1.807) is 4.90 Å². The molecule has 0 bridgehead atoms. The first-order chi connectivity index (χ1) is 12.5. The van der Waals surface area contributed by atoms with Gasteiger partial charge in [-0.15, -0.1) is 0 Å². The Hall–Kier alpha value is -2.42. The fraction of sp³-hybridized carbons (Fsp3) is 0.471. The van der Waals surface area contributed by atoms with Gasteiger partial charge in [0.2, 0.25) is 5.89 Å². The van der Waals surface area contributed by atoms with Gasteiger partial charge in [0.1, 0.15) is 0 Å². The van der Waals surface area contributed by atoms with Crippen LogP contribution in [0.1, 0.15) is 30.6 Å². The van der Waals surface area contributed by atoms with Crippen LogP contribution < -0.4 is 5.32 Å². The summed E-state index contributed by atoms with van der Waals surface area (Å²) >= 11 is 0. The Morgan fingerprint density at radius 1 is 1.35 bits per heavy atom. The molecule has 2 aromatic rings. The first kappa shape index (κ1) is 18.4. The molecular formula is C17H22N4O4S. The van der Waals surface area contributed by atoms with Crippen molar-refractivity contribution in [2.24, 2.45) is 0 Å². The molecule has 0 spiro atoms. The van der Waals surface area contributed by atoms with Gasteiger partial charge in [0.05, 0.1) is 18.1 Å². The molecule has 1 aromatic heterocycles. The highest BCUT2D eigenvalue weighted by molar-refractivity contribution is 7.91. The zero-order valence-electron chi connectivity index (χ0n) is 14.6. The lowest BCUT2D eigenvalue weighted by atomic mass is 10.1. The number of hydrogen-bond donors (Lipinski definition) is 1. The van der Waals surface area contributed by atoms with Crippen molar-refractivity contribution in [3.05, 3.63) is 47.6 Å². The first-order valence-corrected chi connectivity index (χ1v) is 10.4. The smallest absolute Gasteiger partial charge is 0.318 e. The summed E-state index contributed by atoms with van der Waals surface area (Å²) in [4.78, 5) is 18.2. The van der Waals surface area contributed by atoms with E-state index in [1.165, 1.54) is 0 Å². The first-order valence-electron chi connectivity index (χ1n) is 8.57. The predicted molar refractivity (Wildman–Crippen MR) is 95.2 cm³/mol. The Bertz CT molecular complexity index is 851. The highest BCUT2D eigenvalue weighted by atomic mass is 32.2. The molecule has 1 atom stereocenters. The molecule has 2 amide bonds. The van der Waals surface area contributed by atoms with Crippen LogP contribution in [0.3, 0.4) is 0 Å². The van der Waals surface area contributed by atoms with E-state index in [9.17, 15) is 13.2 Å². The van der Waals surface area contributed by atoms with Gasteiger partial charge in [-0.2, -0.15) is 4.98 Å². The molecule has 1 saturated heterocycles. The van der Waals surface area contributed by atoms with Crippen LogP contribution in [0.2, 0.25) is 0 Å². The quantitative estimate of drug-likeness (QED) is 0.814. The fourth-order valence-corrected chi connectivity index (χ4v) is 4.78. The molecule has 8 nitrogen and oxygen atoms in total. The lowest BCUT2D eigenvalue weighted by molar-refractivity contribution is 0.182. The summed E-state index contributed by atoms with van der Waals surface area (Å²) in [6.45, 7) is 2.38. The second-order valence-corrected chi connectivity index (χ2v) is 8.50. The lowest BCUT2D eigenvalue weighted by Gasteiger charge is -2.26. The van der Waals surface area contributed by atoms with Crippen LogP contribution in [0.15, 0.2) is 34.9 Å². The molecule has 140 valence electrons. The molecule has 1 aliphatic rings. The predicted octanol–water partition coefficient (Wildman–Crippen LogP) is 1.38. The molecule has 26 heavy (non-hydrogen) atoms. The maximum Gasteiger partial charge on any atom is 0.318 e. The van der Waals surface area contributed by atoms with E-state index in [1.807, 2.05) is 37.3 Å². The number of aromatic nitrogens is 2. The molecule has 0 saturated carbocycles. The minimum atomic E-state index is -3.04. The number of rotatable bonds is 6. The van der Waals surface area contributed by atoms with Crippen molar-refractivity contribution in [1.82, 2.24) is 20.4 Å². The summed E-state index contributed by atoms with van der Waals surface area (Å²) in [7, 11) is -3.04. The van der Waals surface area contributed by atoms with Gasteiger partial charge < -0.3 is 14.7 Å². The molecule has 1 N–H and O–H groups in total. The number of hydrogen-bond acceptors (Lipinski definition) is 6. The van der Waals surface area contributed by atoms with Crippen LogP contribution in [0.5, 0.6) is 0 Å². The standard InChI is InChI=1S/C17H22N4O4S/c1-2-21(14-8-9-26(23,24)12-14)17(22)18-11-16-19-15(20-25-16)10-13-6-4-3-5-7-13/h3-7,14H,2,8-12H2,1H3,(H,18,22)/t14-/m0/s1. The third-order valence-corrected chi connectivity index (χ3v) is 6.11. The maximum atomic E-state index is 12.4. The third-order valence-electron chi connectivity index (χ3n) is 4.36. The summed E-state index contributed by atoms with van der Waals surface area (Å²) in [5, 5.41) is 6.65. The van der Waals surface area contributed by atoms with Crippen molar-refractivity contribution in [3.63, 3.8) is 0 Å². The average molecular weight is 378 g/mol. The topological polar surface area (TPSA) is 105 Å². The second kappa shape index (κ2) is 7.86. The summed E-state index contributed by atoms with van der Waals surface area (Å²) in [6, 6.07) is 9.19. The number of nitrogens with one attached hydrogen (secondary N) is 1. The number of nitrogens with zero attached hydrogens (tertiary/aromatic N) is 3. The van der Waals surface area contributed by atoms with E-state index >= 15 is 0 Å². The molecule has 1 aromatic carbocycles. The van der Waals surface area contributed by atoms with E-state index in [0.717, 1.165) is 5.56 Å². The van der Waals surface area contributed by atoms with Crippen molar-refractivity contribution in [2.45, 2.75) is 32.4 Å². The summed E-state index contributed by atoms with van der Waals surface area (Å²) < 4.78 is 28.4. The average Bonchev–Trinajstić information content (AvgIpc) is 3.21. The second-order valence-electron chi connectivity index (χ2n) is 6.27. The minimum absolute atomic E-state index is 0.0239. The molecule has 9 heteroatoms. The Morgan fingerprint density at radius 2 is 2.12 bits per heavy atom. The molecule has 0 unspecified atom stereocenters. The summed E-state index contributed by atoms with van der Waals surface area (Å²) in [5.74, 6) is 1.03. The van der Waals surface area contributed by atoms with Gasteiger partial charge in [0, 0.05) is 19.0 Å². The van der Waals surface area contributed by atoms with E-state index in [4.69, 9.17) is 4.52 Å². The van der Waals surface area contributed by atoms with E-state index < -0.39 is 9.84 Å². The summed E-state index contributed by atoms with van der Waals surface area (Å²) in [6.07, 6.45) is 1.03. The van der Waals surface area contributed by atoms with Gasteiger partial charge in [-0.25, -0.2) is 13.2 Å². The Morgan fingerprint density at radius 3 is 2.77 bits per heavy atom. The van der Waals surface area contributed by atoms with Crippen LogP contribution in [0.4, 0.5) is 4.79 Å². The molecule has 0 radical (unpaired) electrons. The zero-order valence-corrected chi connectivity index (χ0v) is 15.4. The van der Waals surface area contributed by atoms with Gasteiger partial charge in [0.25, 0.3) is 0 Å². The monoisotopic (exact) mass is 378 g/mol. The molecular weight excluding hydrogens is 356 g/mol. The Labute approximate surface area is 152 Å². The number of carbonyl (C=O) groups excluding carboxylic acids is 1. The summed E-state index contributed by atoms with van der Waals surface area (Å²) in [5.41, 5.74) is 1.07. The molecule has 1 aliphatic heterocycles. The van der Waals surface area contributed by atoms with Crippen LogP contribution in [0, 0.1) is 0 Å². The van der Waals surface area contributed by atoms with Crippen LogP contribution in [0.25, 0.3) is 0 Å². The van der Waals surface area contributed by atoms with Crippen molar-refractivity contribution in [1.29, 1.82) is 0 Å².